The zero-order valence-corrected chi connectivity index (χ0v) is 13.7. The van der Waals surface area contributed by atoms with Crippen LogP contribution in [0.2, 0.25) is 0 Å². The molecule has 1 aromatic heterocycles. The molecule has 2 nitrogen and oxygen atoms in total. The molecule has 3 aromatic rings. The van der Waals surface area contributed by atoms with Gasteiger partial charge in [-0.05, 0) is 17.7 Å². The smallest absolute Gasteiger partial charge is 0.148 e. The molecule has 0 aliphatic rings. The molecule has 0 spiro atoms. The van der Waals surface area contributed by atoms with Crippen LogP contribution in [-0.2, 0) is 0 Å². The van der Waals surface area contributed by atoms with E-state index in [2.05, 4.69) is 58.9 Å². The largest absolute Gasteiger partial charge is 0.378 e. The van der Waals surface area contributed by atoms with Gasteiger partial charge in [0, 0.05) is 25.3 Å². The maximum atomic E-state index is 4.59. The maximum Gasteiger partial charge on any atom is 0.148 e. The lowest BCUT2D eigenvalue weighted by Gasteiger charge is -2.12. The van der Waals surface area contributed by atoms with Crippen molar-refractivity contribution in [3.05, 3.63) is 54.6 Å². The van der Waals surface area contributed by atoms with Gasteiger partial charge in [-0.15, -0.1) is 24.0 Å². The van der Waals surface area contributed by atoms with Crippen molar-refractivity contribution in [3.63, 3.8) is 0 Å². The lowest BCUT2D eigenvalue weighted by Crippen LogP contribution is -2.07. The first kappa shape index (κ1) is 14.2. The number of hydrogen-bond acceptors (Lipinski definition) is 4. The lowest BCUT2D eigenvalue weighted by atomic mass is 10.1. The Labute approximate surface area is 134 Å². The van der Waals surface area contributed by atoms with Gasteiger partial charge in [0.05, 0.1) is 10.6 Å². The van der Waals surface area contributed by atoms with Crippen LogP contribution in [0.5, 0.6) is 0 Å². The summed E-state index contributed by atoms with van der Waals surface area (Å²) in [6.45, 7) is 0. The van der Waals surface area contributed by atoms with Gasteiger partial charge in [-0.1, -0.05) is 42.5 Å². The Kier molecular flexibility index (Phi) is 3.99. The molecule has 0 fully saturated rings. The van der Waals surface area contributed by atoms with Crippen LogP contribution in [0.1, 0.15) is 0 Å². The highest BCUT2D eigenvalue weighted by Crippen LogP contribution is 2.38. The number of aromatic nitrogens is 1. The van der Waals surface area contributed by atoms with Gasteiger partial charge in [-0.25, -0.2) is 4.98 Å². The summed E-state index contributed by atoms with van der Waals surface area (Å²) in [5, 5.41) is 0. The predicted molar refractivity (Wildman–Crippen MR) is 94.6 cm³/mol. The van der Waals surface area contributed by atoms with Crippen molar-refractivity contribution in [1.82, 2.24) is 4.98 Å². The summed E-state index contributed by atoms with van der Waals surface area (Å²) in [4.78, 5) is 7.85. The van der Waals surface area contributed by atoms with E-state index in [1.807, 2.05) is 32.3 Å². The number of rotatable bonds is 3. The fraction of sp³-hybridized carbons (Fsp3) is 0.118. The first-order chi connectivity index (χ1) is 10.1. The maximum absolute atomic E-state index is 4.59. The molecule has 0 aliphatic heterocycles. The average molecular weight is 312 g/mol. The van der Waals surface area contributed by atoms with Crippen LogP contribution in [0.25, 0.3) is 21.7 Å². The third kappa shape index (κ3) is 2.96. The highest BCUT2D eigenvalue weighted by molar-refractivity contribution is 7.82. The minimum Gasteiger partial charge on any atom is -0.378 e. The molecule has 0 saturated heterocycles. The summed E-state index contributed by atoms with van der Waals surface area (Å²) in [5.41, 5.74) is 4.50. The average Bonchev–Trinajstić information content (AvgIpc) is 2.90. The van der Waals surface area contributed by atoms with Gasteiger partial charge < -0.3 is 4.90 Å². The van der Waals surface area contributed by atoms with Crippen LogP contribution in [0.4, 0.5) is 5.69 Å². The van der Waals surface area contributed by atoms with Gasteiger partial charge >= 0.3 is 0 Å². The van der Waals surface area contributed by atoms with Gasteiger partial charge in [0.15, 0.2) is 0 Å². The third-order valence-corrected chi connectivity index (χ3v) is 4.59. The molecular weight excluding hydrogens is 296 g/mol. The number of thiol groups is 1. The molecule has 0 amide bonds. The normalized spacial score (nSPS) is 10.6. The Morgan fingerprint density at radius 3 is 2.19 bits per heavy atom. The first-order valence-corrected chi connectivity index (χ1v) is 7.94. The molecule has 106 valence electrons. The molecule has 0 N–H and O–H groups in total. The molecule has 0 atom stereocenters. The number of nitrogens with zero attached hydrogens (tertiary/aromatic N) is 2. The number of hydrogen-bond donors (Lipinski definition) is 1. The second kappa shape index (κ2) is 5.92. The zero-order chi connectivity index (χ0) is 14.8. The van der Waals surface area contributed by atoms with Gasteiger partial charge in [-0.3, -0.25) is 0 Å². The van der Waals surface area contributed by atoms with Crippen molar-refractivity contribution >= 4 is 29.7 Å². The molecule has 0 aliphatic carbocycles. The van der Waals surface area contributed by atoms with Crippen LogP contribution >= 0.6 is 24.0 Å². The van der Waals surface area contributed by atoms with Gasteiger partial charge in [0.2, 0.25) is 0 Å². The third-order valence-electron chi connectivity index (χ3n) is 3.31. The minimum absolute atomic E-state index is 0.792. The predicted octanol–water partition coefficient (Wildman–Crippen LogP) is 4.83. The van der Waals surface area contributed by atoms with Gasteiger partial charge in [0.1, 0.15) is 4.34 Å². The Morgan fingerprint density at radius 2 is 1.57 bits per heavy atom. The fourth-order valence-electron chi connectivity index (χ4n) is 2.21. The summed E-state index contributed by atoms with van der Waals surface area (Å²) in [5.74, 6) is 0. The van der Waals surface area contributed by atoms with Crippen molar-refractivity contribution in [2.45, 2.75) is 4.34 Å². The molecular formula is C17H16N2S2. The van der Waals surface area contributed by atoms with Crippen LogP contribution in [0, 0.1) is 0 Å². The summed E-state index contributed by atoms with van der Waals surface area (Å²) < 4.78 is 0.792. The van der Waals surface area contributed by atoms with E-state index in [9.17, 15) is 0 Å². The zero-order valence-electron chi connectivity index (χ0n) is 11.9. The molecule has 21 heavy (non-hydrogen) atoms. The van der Waals surface area contributed by atoms with Crippen molar-refractivity contribution in [1.29, 1.82) is 0 Å². The summed E-state index contributed by atoms with van der Waals surface area (Å²) in [6, 6.07) is 18.8. The molecule has 4 heteroatoms. The number of benzene rings is 2. The van der Waals surface area contributed by atoms with E-state index in [-0.39, 0.29) is 0 Å². The van der Waals surface area contributed by atoms with Crippen molar-refractivity contribution < 1.29 is 0 Å². The second-order valence-corrected chi connectivity index (χ2v) is 6.71. The van der Waals surface area contributed by atoms with E-state index in [0.717, 1.165) is 20.5 Å². The highest BCUT2D eigenvalue weighted by atomic mass is 32.2. The van der Waals surface area contributed by atoms with Crippen molar-refractivity contribution in [3.8, 4) is 21.7 Å². The quantitative estimate of drug-likeness (QED) is 0.697. The summed E-state index contributed by atoms with van der Waals surface area (Å²) >= 11 is 6.04. The Hall–Kier alpha value is -1.78. The first-order valence-electron chi connectivity index (χ1n) is 6.68. The van der Waals surface area contributed by atoms with Crippen LogP contribution in [0.3, 0.4) is 0 Å². The number of anilines is 1. The van der Waals surface area contributed by atoms with E-state index in [0.29, 0.717) is 0 Å². The van der Waals surface area contributed by atoms with Crippen LogP contribution in [0.15, 0.2) is 58.9 Å². The van der Waals surface area contributed by atoms with Crippen LogP contribution in [-0.4, -0.2) is 19.1 Å². The van der Waals surface area contributed by atoms with E-state index < -0.39 is 0 Å². The Bertz CT molecular complexity index is 731. The highest BCUT2D eigenvalue weighted by Gasteiger charge is 2.13. The molecule has 1 heterocycles. The van der Waals surface area contributed by atoms with Crippen molar-refractivity contribution in [2.24, 2.45) is 0 Å². The van der Waals surface area contributed by atoms with E-state index >= 15 is 0 Å². The van der Waals surface area contributed by atoms with Gasteiger partial charge in [-0.2, -0.15) is 0 Å². The SMILES string of the molecule is CN(C)c1ccc(-c2sc(S)nc2-c2ccccc2)cc1. The number of thiazole rings is 1. The summed E-state index contributed by atoms with van der Waals surface area (Å²) in [6.07, 6.45) is 0. The van der Waals surface area contributed by atoms with E-state index in [1.54, 1.807) is 11.3 Å². The monoisotopic (exact) mass is 312 g/mol. The Morgan fingerprint density at radius 1 is 0.905 bits per heavy atom. The van der Waals surface area contributed by atoms with E-state index in [1.165, 1.54) is 11.3 Å². The van der Waals surface area contributed by atoms with E-state index in [4.69, 9.17) is 0 Å². The topological polar surface area (TPSA) is 16.1 Å². The minimum atomic E-state index is 0.792. The molecule has 0 saturated carbocycles. The molecule has 3 rings (SSSR count). The van der Waals surface area contributed by atoms with Crippen LogP contribution < -0.4 is 4.90 Å². The lowest BCUT2D eigenvalue weighted by molar-refractivity contribution is 1.13. The molecule has 0 radical (unpaired) electrons. The standard InChI is InChI=1S/C17H16N2S2/c1-19(2)14-10-8-13(9-11-14)16-15(18-17(20)21-16)12-6-4-3-5-7-12/h3-11H,1-2H3,(H,18,20). The molecule has 0 unspecified atom stereocenters. The fourth-order valence-corrected chi connectivity index (χ4v) is 3.41. The summed E-state index contributed by atoms with van der Waals surface area (Å²) in [7, 11) is 4.09. The molecule has 2 aromatic carbocycles. The second-order valence-electron chi connectivity index (χ2n) is 4.98. The molecule has 0 bridgehead atoms. The van der Waals surface area contributed by atoms with Crippen molar-refractivity contribution in [2.75, 3.05) is 19.0 Å². The van der Waals surface area contributed by atoms with Gasteiger partial charge in [0.25, 0.3) is 0 Å². The Balaban J connectivity index is 2.07.